The van der Waals surface area contributed by atoms with Crippen LogP contribution in [0.25, 0.3) is 11.3 Å². The van der Waals surface area contributed by atoms with Crippen molar-refractivity contribution in [3.63, 3.8) is 0 Å². The molecule has 1 aromatic heterocycles. The smallest absolute Gasteiger partial charge is 0.220 e. The van der Waals surface area contributed by atoms with E-state index < -0.39 is 0 Å². The number of carbonyl (C=O) groups excluding carboxylic acids is 1. The first-order valence-corrected chi connectivity index (χ1v) is 7.94. The van der Waals surface area contributed by atoms with Crippen LogP contribution in [-0.4, -0.2) is 24.5 Å². The summed E-state index contributed by atoms with van der Waals surface area (Å²) >= 11 is 0. The van der Waals surface area contributed by atoms with Crippen LogP contribution in [0.1, 0.15) is 32.6 Å². The molecular weight excluding hydrogens is 292 g/mol. The standard InChI is InChI=1S/C18H24N2O3/c1-13(2)9-10-19-17(21)7-8-18-20-12-16(23-18)14-5-4-6-15(11-14)22-3/h4-6,11-13H,7-10H2,1-3H3,(H,19,21). The number of nitrogens with zero attached hydrogens (tertiary/aromatic N) is 1. The van der Waals surface area contributed by atoms with Gasteiger partial charge in [-0.15, -0.1) is 0 Å². The molecule has 23 heavy (non-hydrogen) atoms. The van der Waals surface area contributed by atoms with Crippen molar-refractivity contribution >= 4 is 5.91 Å². The fourth-order valence-corrected chi connectivity index (χ4v) is 2.14. The molecule has 0 atom stereocenters. The Morgan fingerprint density at radius 3 is 2.96 bits per heavy atom. The molecule has 1 amide bonds. The van der Waals surface area contributed by atoms with Gasteiger partial charge in [-0.1, -0.05) is 26.0 Å². The van der Waals surface area contributed by atoms with E-state index in [1.165, 1.54) is 0 Å². The van der Waals surface area contributed by atoms with Gasteiger partial charge in [-0.2, -0.15) is 0 Å². The number of amides is 1. The van der Waals surface area contributed by atoms with E-state index in [-0.39, 0.29) is 5.91 Å². The van der Waals surface area contributed by atoms with Crippen LogP contribution in [0.5, 0.6) is 5.75 Å². The first kappa shape index (κ1) is 17.1. The van der Waals surface area contributed by atoms with Crippen LogP contribution >= 0.6 is 0 Å². The Morgan fingerprint density at radius 2 is 2.22 bits per heavy atom. The van der Waals surface area contributed by atoms with Crippen molar-refractivity contribution in [1.29, 1.82) is 0 Å². The van der Waals surface area contributed by atoms with E-state index in [4.69, 9.17) is 9.15 Å². The topological polar surface area (TPSA) is 64.4 Å². The van der Waals surface area contributed by atoms with E-state index >= 15 is 0 Å². The van der Waals surface area contributed by atoms with Crippen molar-refractivity contribution in [3.05, 3.63) is 36.4 Å². The van der Waals surface area contributed by atoms with Crippen molar-refractivity contribution in [2.45, 2.75) is 33.1 Å². The van der Waals surface area contributed by atoms with E-state index in [9.17, 15) is 4.79 Å². The fourth-order valence-electron chi connectivity index (χ4n) is 2.14. The maximum Gasteiger partial charge on any atom is 0.220 e. The highest BCUT2D eigenvalue weighted by molar-refractivity contribution is 5.76. The monoisotopic (exact) mass is 316 g/mol. The summed E-state index contributed by atoms with van der Waals surface area (Å²) < 4.78 is 10.9. The lowest BCUT2D eigenvalue weighted by Gasteiger charge is -2.06. The van der Waals surface area contributed by atoms with Crippen molar-refractivity contribution in [3.8, 4) is 17.1 Å². The average molecular weight is 316 g/mol. The minimum atomic E-state index is 0.0341. The Bertz CT molecular complexity index is 635. The molecule has 0 spiro atoms. The van der Waals surface area contributed by atoms with Crippen LogP contribution in [0.4, 0.5) is 0 Å². The maximum atomic E-state index is 11.8. The number of benzene rings is 1. The normalized spacial score (nSPS) is 10.8. The van der Waals surface area contributed by atoms with Crippen molar-refractivity contribution in [2.24, 2.45) is 5.92 Å². The molecule has 0 unspecified atom stereocenters. The molecule has 1 N–H and O–H groups in total. The Labute approximate surface area is 137 Å². The number of carbonyl (C=O) groups is 1. The van der Waals surface area contributed by atoms with Gasteiger partial charge < -0.3 is 14.5 Å². The molecule has 1 aromatic carbocycles. The Morgan fingerprint density at radius 1 is 1.39 bits per heavy atom. The zero-order valence-electron chi connectivity index (χ0n) is 14.0. The summed E-state index contributed by atoms with van der Waals surface area (Å²) in [5.41, 5.74) is 0.907. The largest absolute Gasteiger partial charge is 0.497 e. The van der Waals surface area contributed by atoms with Crippen molar-refractivity contribution in [1.82, 2.24) is 10.3 Å². The lowest BCUT2D eigenvalue weighted by atomic mass is 10.1. The molecule has 0 aliphatic heterocycles. The molecule has 0 bridgehead atoms. The van der Waals surface area contributed by atoms with Crippen LogP contribution in [0.15, 0.2) is 34.9 Å². The molecule has 0 aliphatic rings. The SMILES string of the molecule is COc1cccc(-c2cnc(CCC(=O)NCCC(C)C)o2)c1. The minimum absolute atomic E-state index is 0.0341. The third-order valence-corrected chi connectivity index (χ3v) is 3.52. The van der Waals surface area contributed by atoms with Gasteiger partial charge in [-0.05, 0) is 24.5 Å². The van der Waals surface area contributed by atoms with E-state index in [0.717, 1.165) is 24.3 Å². The van der Waals surface area contributed by atoms with Gasteiger partial charge in [0, 0.05) is 24.9 Å². The average Bonchev–Trinajstić information content (AvgIpc) is 3.01. The molecule has 5 nitrogen and oxygen atoms in total. The zero-order valence-corrected chi connectivity index (χ0v) is 14.0. The summed E-state index contributed by atoms with van der Waals surface area (Å²) in [5.74, 6) is 2.64. The van der Waals surface area contributed by atoms with Gasteiger partial charge in [-0.25, -0.2) is 4.98 Å². The van der Waals surface area contributed by atoms with E-state index in [1.807, 2.05) is 24.3 Å². The minimum Gasteiger partial charge on any atom is -0.497 e. The number of methoxy groups -OCH3 is 1. The first-order chi connectivity index (χ1) is 11.1. The third kappa shape index (κ3) is 5.43. The number of ether oxygens (including phenoxy) is 1. The van der Waals surface area contributed by atoms with Gasteiger partial charge in [0.15, 0.2) is 11.7 Å². The Hall–Kier alpha value is -2.30. The zero-order chi connectivity index (χ0) is 16.7. The Balaban J connectivity index is 1.86. The van der Waals surface area contributed by atoms with Crippen LogP contribution in [0.3, 0.4) is 0 Å². The molecular formula is C18H24N2O3. The number of hydrogen-bond donors (Lipinski definition) is 1. The maximum absolute atomic E-state index is 11.8. The third-order valence-electron chi connectivity index (χ3n) is 3.52. The predicted molar refractivity (Wildman–Crippen MR) is 89.3 cm³/mol. The number of aryl methyl sites for hydroxylation is 1. The lowest BCUT2D eigenvalue weighted by molar-refractivity contribution is -0.121. The summed E-state index contributed by atoms with van der Waals surface area (Å²) in [4.78, 5) is 16.0. The van der Waals surface area contributed by atoms with Gasteiger partial charge in [0.2, 0.25) is 5.91 Å². The van der Waals surface area contributed by atoms with E-state index in [1.54, 1.807) is 13.3 Å². The number of oxazole rings is 1. The number of hydrogen-bond acceptors (Lipinski definition) is 4. The molecule has 0 aliphatic carbocycles. The first-order valence-electron chi connectivity index (χ1n) is 7.94. The summed E-state index contributed by atoms with van der Waals surface area (Å²) in [5, 5.41) is 2.91. The van der Waals surface area contributed by atoms with E-state index in [2.05, 4.69) is 24.1 Å². The molecule has 5 heteroatoms. The molecule has 0 saturated heterocycles. The Kier molecular flexibility index (Phi) is 6.20. The van der Waals surface area contributed by atoms with Gasteiger partial charge in [0.25, 0.3) is 0 Å². The summed E-state index contributed by atoms with van der Waals surface area (Å²) in [6.45, 7) is 5.00. The highest BCUT2D eigenvalue weighted by atomic mass is 16.5. The van der Waals surface area contributed by atoms with Crippen molar-refractivity contribution < 1.29 is 13.9 Å². The quantitative estimate of drug-likeness (QED) is 0.810. The second-order valence-corrected chi connectivity index (χ2v) is 5.88. The molecule has 0 radical (unpaired) electrons. The highest BCUT2D eigenvalue weighted by Gasteiger charge is 2.09. The number of rotatable bonds is 8. The van der Waals surface area contributed by atoms with Gasteiger partial charge in [0.05, 0.1) is 13.3 Å². The molecule has 0 fully saturated rings. The highest BCUT2D eigenvalue weighted by Crippen LogP contribution is 2.24. The number of nitrogens with one attached hydrogen (secondary N) is 1. The van der Waals surface area contributed by atoms with Crippen molar-refractivity contribution in [2.75, 3.05) is 13.7 Å². The van der Waals surface area contributed by atoms with Gasteiger partial charge >= 0.3 is 0 Å². The summed E-state index contributed by atoms with van der Waals surface area (Å²) in [7, 11) is 1.63. The molecule has 2 rings (SSSR count). The second kappa shape index (κ2) is 8.36. The summed E-state index contributed by atoms with van der Waals surface area (Å²) in [6, 6.07) is 7.61. The number of aromatic nitrogens is 1. The predicted octanol–water partition coefficient (Wildman–Crippen LogP) is 3.45. The fraction of sp³-hybridized carbons (Fsp3) is 0.444. The summed E-state index contributed by atoms with van der Waals surface area (Å²) in [6.07, 6.45) is 3.55. The van der Waals surface area contributed by atoms with Crippen LogP contribution in [-0.2, 0) is 11.2 Å². The molecule has 0 saturated carbocycles. The van der Waals surface area contributed by atoms with Crippen LogP contribution in [0.2, 0.25) is 0 Å². The van der Waals surface area contributed by atoms with Crippen LogP contribution in [0, 0.1) is 5.92 Å². The van der Waals surface area contributed by atoms with Gasteiger partial charge in [-0.3, -0.25) is 4.79 Å². The molecule has 1 heterocycles. The van der Waals surface area contributed by atoms with Crippen LogP contribution < -0.4 is 10.1 Å². The second-order valence-electron chi connectivity index (χ2n) is 5.88. The van der Waals surface area contributed by atoms with E-state index in [0.29, 0.717) is 30.4 Å². The molecule has 124 valence electrons. The van der Waals surface area contributed by atoms with Gasteiger partial charge in [0.1, 0.15) is 5.75 Å². The molecule has 2 aromatic rings. The lowest BCUT2D eigenvalue weighted by Crippen LogP contribution is -2.25.